The van der Waals surface area contributed by atoms with Crippen LogP contribution in [-0.4, -0.2) is 63.8 Å². The van der Waals surface area contributed by atoms with Gasteiger partial charge >= 0.3 is 12.1 Å². The Bertz CT molecular complexity index is 1170. The minimum absolute atomic E-state index is 0.185. The molecule has 0 unspecified atom stereocenters. The molecule has 1 aromatic heterocycles. The van der Waals surface area contributed by atoms with Crippen LogP contribution in [0, 0.1) is 11.6 Å². The Balaban J connectivity index is 0.000000429. The number of carboxylic acid groups (broad SMARTS) is 1. The van der Waals surface area contributed by atoms with E-state index in [1.54, 1.807) is 18.0 Å². The zero-order chi connectivity index (χ0) is 26.1. The number of nitrogens with two attached hydrogens (primary N) is 1. The SMILES string of the molecule is CS(=O)(=O)n1cc2c(n1)CN([C@H]1CCS[C@H](c3cc(F)ccc3F)[C@@H](N)C1)C2.O=C(O)C(F)(F)F. The third kappa shape index (κ3) is 6.71. The minimum Gasteiger partial charge on any atom is -0.475 e. The molecule has 4 rings (SSSR count). The zero-order valence-corrected chi connectivity index (χ0v) is 20.0. The van der Waals surface area contributed by atoms with Crippen molar-refractivity contribution in [2.75, 3.05) is 12.0 Å². The fourth-order valence-electron chi connectivity index (χ4n) is 3.98. The lowest BCUT2D eigenvalue weighted by Crippen LogP contribution is -2.37. The number of hydrogen-bond donors (Lipinski definition) is 2. The van der Waals surface area contributed by atoms with Crippen molar-refractivity contribution in [1.82, 2.24) is 14.1 Å². The average Bonchev–Trinajstić information content (AvgIpc) is 3.25. The van der Waals surface area contributed by atoms with Gasteiger partial charge in [0, 0.05) is 47.7 Å². The van der Waals surface area contributed by atoms with Gasteiger partial charge in [-0.05, 0) is 36.8 Å². The lowest BCUT2D eigenvalue weighted by Gasteiger charge is -2.29. The summed E-state index contributed by atoms with van der Waals surface area (Å²) in [5.74, 6) is -2.86. The summed E-state index contributed by atoms with van der Waals surface area (Å²) in [7, 11) is -3.39. The number of carbonyl (C=O) groups is 1. The van der Waals surface area contributed by atoms with Crippen LogP contribution < -0.4 is 5.73 Å². The van der Waals surface area contributed by atoms with E-state index < -0.39 is 33.8 Å². The second kappa shape index (κ2) is 10.4. The maximum absolute atomic E-state index is 14.2. The summed E-state index contributed by atoms with van der Waals surface area (Å²) in [6.07, 6.45) is -0.854. The lowest BCUT2D eigenvalue weighted by molar-refractivity contribution is -0.192. The standard InChI is InChI=1S/C18H22F2N4O2S2.C2HF3O2/c1-28(25,26)24-9-11-8-23(10-17(11)22-24)13-4-5-27-18(16(21)7-13)14-6-12(19)2-3-15(14)20;3-2(4,5)1(6)7/h2-3,6,9,13,16,18H,4-5,7-8,10,21H2,1H3;(H,6,7)/t13-,16-,18+;/m0./s1. The van der Waals surface area contributed by atoms with Gasteiger partial charge in [0.15, 0.2) is 0 Å². The molecule has 0 amide bonds. The summed E-state index contributed by atoms with van der Waals surface area (Å²) >= 11 is 1.57. The molecule has 3 heterocycles. The smallest absolute Gasteiger partial charge is 0.475 e. The number of hydrogen-bond acceptors (Lipinski definition) is 7. The van der Waals surface area contributed by atoms with E-state index in [1.165, 1.54) is 6.07 Å². The molecule has 1 fully saturated rings. The van der Waals surface area contributed by atoms with Crippen molar-refractivity contribution in [1.29, 1.82) is 0 Å². The molecule has 1 saturated heterocycles. The molecule has 0 radical (unpaired) electrons. The highest BCUT2D eigenvalue weighted by Crippen LogP contribution is 2.40. The molecule has 3 atom stereocenters. The number of benzene rings is 1. The molecule has 15 heteroatoms. The van der Waals surface area contributed by atoms with Crippen LogP contribution in [0.5, 0.6) is 0 Å². The van der Waals surface area contributed by atoms with Crippen LogP contribution in [0.2, 0.25) is 0 Å². The van der Waals surface area contributed by atoms with Crippen LogP contribution in [-0.2, 0) is 27.9 Å². The molecule has 2 aliphatic heterocycles. The van der Waals surface area contributed by atoms with Gasteiger partial charge in [-0.2, -0.15) is 34.1 Å². The predicted molar refractivity (Wildman–Crippen MR) is 118 cm³/mol. The number of aliphatic carboxylic acids is 1. The molecule has 194 valence electrons. The molecule has 0 bridgehead atoms. The van der Waals surface area contributed by atoms with Gasteiger partial charge in [0.2, 0.25) is 0 Å². The van der Waals surface area contributed by atoms with Gasteiger partial charge < -0.3 is 10.8 Å². The van der Waals surface area contributed by atoms with E-state index in [4.69, 9.17) is 15.6 Å². The van der Waals surface area contributed by atoms with E-state index in [2.05, 4.69) is 10.00 Å². The number of thioether (sulfide) groups is 1. The Labute approximate surface area is 202 Å². The Morgan fingerprint density at radius 3 is 2.49 bits per heavy atom. The van der Waals surface area contributed by atoms with Gasteiger partial charge in [0.25, 0.3) is 10.0 Å². The van der Waals surface area contributed by atoms with Crippen molar-refractivity contribution < 1.29 is 40.3 Å². The van der Waals surface area contributed by atoms with E-state index in [-0.39, 0.29) is 17.3 Å². The molecule has 0 aliphatic carbocycles. The number of nitrogens with zero attached hydrogens (tertiary/aromatic N) is 3. The third-order valence-corrected chi connectivity index (χ3v) is 7.93. The van der Waals surface area contributed by atoms with Crippen molar-refractivity contribution >= 4 is 27.8 Å². The first-order chi connectivity index (χ1) is 16.2. The van der Waals surface area contributed by atoms with Crippen molar-refractivity contribution in [2.24, 2.45) is 5.73 Å². The van der Waals surface area contributed by atoms with E-state index in [0.717, 1.165) is 45.9 Å². The second-order valence-electron chi connectivity index (χ2n) is 8.24. The third-order valence-electron chi connectivity index (χ3n) is 5.63. The normalized spacial score (nSPS) is 23.2. The predicted octanol–water partition coefficient (Wildman–Crippen LogP) is 2.88. The Hall–Kier alpha value is -2.23. The van der Waals surface area contributed by atoms with E-state index in [1.807, 2.05) is 0 Å². The summed E-state index contributed by atoms with van der Waals surface area (Å²) in [5, 5.41) is 11.0. The minimum atomic E-state index is -5.08. The molecule has 8 nitrogen and oxygen atoms in total. The molecule has 2 aromatic rings. The first-order valence-electron chi connectivity index (χ1n) is 10.3. The molecule has 0 spiro atoms. The Morgan fingerprint density at radius 2 is 1.91 bits per heavy atom. The summed E-state index contributed by atoms with van der Waals surface area (Å²) in [4.78, 5) is 11.1. The summed E-state index contributed by atoms with van der Waals surface area (Å²) in [5.41, 5.74) is 8.41. The van der Waals surface area contributed by atoms with Crippen LogP contribution in [0.3, 0.4) is 0 Å². The van der Waals surface area contributed by atoms with E-state index in [0.29, 0.717) is 25.1 Å². The van der Waals surface area contributed by atoms with E-state index in [9.17, 15) is 30.4 Å². The first kappa shape index (κ1) is 27.4. The van der Waals surface area contributed by atoms with Crippen molar-refractivity contribution in [2.45, 2.75) is 49.4 Å². The van der Waals surface area contributed by atoms with Gasteiger partial charge in [0.1, 0.15) is 11.6 Å². The van der Waals surface area contributed by atoms with Crippen molar-refractivity contribution in [3.8, 4) is 0 Å². The first-order valence-corrected chi connectivity index (χ1v) is 13.2. The van der Waals surface area contributed by atoms with Gasteiger partial charge in [0.05, 0.1) is 11.9 Å². The average molecular weight is 543 g/mol. The number of fused-ring (bicyclic) bond motifs is 1. The van der Waals surface area contributed by atoms with Crippen LogP contribution in [0.15, 0.2) is 24.4 Å². The van der Waals surface area contributed by atoms with Crippen LogP contribution in [0.4, 0.5) is 22.0 Å². The quantitative estimate of drug-likeness (QED) is 0.569. The fourth-order valence-corrected chi connectivity index (χ4v) is 5.92. The number of alkyl halides is 3. The second-order valence-corrected chi connectivity index (χ2v) is 11.3. The van der Waals surface area contributed by atoms with Crippen LogP contribution in [0.25, 0.3) is 0 Å². The Morgan fingerprint density at radius 1 is 1.26 bits per heavy atom. The highest BCUT2D eigenvalue weighted by Gasteiger charge is 2.38. The fraction of sp³-hybridized carbons (Fsp3) is 0.500. The van der Waals surface area contributed by atoms with Crippen LogP contribution >= 0.6 is 11.8 Å². The molecular weight excluding hydrogens is 519 g/mol. The molecule has 35 heavy (non-hydrogen) atoms. The maximum atomic E-state index is 14.2. The molecule has 0 saturated carbocycles. The van der Waals surface area contributed by atoms with Crippen molar-refractivity contribution in [3.05, 3.63) is 52.9 Å². The molecule has 2 aliphatic rings. The monoisotopic (exact) mass is 542 g/mol. The number of halogens is 5. The van der Waals surface area contributed by atoms with Gasteiger partial charge in [-0.15, -0.1) is 0 Å². The van der Waals surface area contributed by atoms with Gasteiger partial charge in [-0.1, -0.05) is 0 Å². The van der Waals surface area contributed by atoms with Gasteiger partial charge in [-0.25, -0.2) is 22.0 Å². The van der Waals surface area contributed by atoms with Gasteiger partial charge in [-0.3, -0.25) is 4.90 Å². The number of rotatable bonds is 3. The number of aromatic nitrogens is 2. The Kier molecular flexibility index (Phi) is 8.13. The van der Waals surface area contributed by atoms with Crippen LogP contribution in [0.1, 0.15) is 34.9 Å². The van der Waals surface area contributed by atoms with E-state index >= 15 is 0 Å². The molecule has 1 aromatic carbocycles. The molecular formula is C20H23F5N4O4S2. The summed E-state index contributed by atoms with van der Waals surface area (Å²) < 4.78 is 83.9. The maximum Gasteiger partial charge on any atom is 0.490 e. The lowest BCUT2D eigenvalue weighted by atomic mass is 9.97. The van der Waals surface area contributed by atoms with Crippen molar-refractivity contribution in [3.63, 3.8) is 0 Å². The largest absolute Gasteiger partial charge is 0.490 e. The summed E-state index contributed by atoms with van der Waals surface area (Å²) in [6.45, 7) is 1.19. The number of carboxylic acids is 1. The molecule has 3 N–H and O–H groups in total. The summed E-state index contributed by atoms with van der Waals surface area (Å²) in [6, 6.07) is 3.39. The highest BCUT2D eigenvalue weighted by atomic mass is 32.2. The topological polar surface area (TPSA) is 119 Å². The highest BCUT2D eigenvalue weighted by molar-refractivity contribution is 7.99. The zero-order valence-electron chi connectivity index (χ0n) is 18.4.